The molecule has 1 fully saturated rings. The summed E-state index contributed by atoms with van der Waals surface area (Å²) in [6.45, 7) is 2.24. The van der Waals surface area contributed by atoms with E-state index in [1.165, 1.54) is 5.56 Å². The number of aryl methyl sites for hydroxylation is 1. The van der Waals surface area contributed by atoms with Crippen molar-refractivity contribution < 1.29 is 14.6 Å². The van der Waals surface area contributed by atoms with Crippen LogP contribution in [0, 0.1) is 5.92 Å². The fraction of sp³-hybridized carbons (Fsp3) is 0.562. The Balaban J connectivity index is 1.66. The van der Waals surface area contributed by atoms with Crippen LogP contribution in [0.3, 0.4) is 0 Å². The van der Waals surface area contributed by atoms with Crippen LogP contribution in [0.1, 0.15) is 18.4 Å². The minimum atomic E-state index is -0.0170. The van der Waals surface area contributed by atoms with Gasteiger partial charge >= 0.3 is 6.03 Å². The lowest BCUT2D eigenvalue weighted by molar-refractivity contribution is 0.198. The van der Waals surface area contributed by atoms with Crippen LogP contribution in [-0.2, 0) is 6.42 Å². The summed E-state index contributed by atoms with van der Waals surface area (Å²) in [5.74, 6) is 1.11. The van der Waals surface area contributed by atoms with E-state index in [0.717, 1.165) is 31.6 Å². The number of ether oxygens (including phenoxy) is 1. The normalized spacial score (nSPS) is 17.8. The van der Waals surface area contributed by atoms with Crippen molar-refractivity contribution in [1.82, 2.24) is 10.2 Å². The zero-order chi connectivity index (χ0) is 15.1. The number of aliphatic hydroxyl groups is 1. The van der Waals surface area contributed by atoms with Gasteiger partial charge in [0, 0.05) is 32.2 Å². The first-order valence-electron chi connectivity index (χ1n) is 7.49. The molecule has 2 rings (SSSR count). The zero-order valence-corrected chi connectivity index (χ0v) is 12.5. The van der Waals surface area contributed by atoms with Gasteiger partial charge < -0.3 is 20.1 Å². The minimum Gasteiger partial charge on any atom is -0.497 e. The van der Waals surface area contributed by atoms with Crippen molar-refractivity contribution >= 4 is 6.03 Å². The third kappa shape index (κ3) is 4.63. The molecule has 1 saturated heterocycles. The number of likely N-dealkylation sites (tertiary alicyclic amines) is 1. The molecule has 116 valence electrons. The fourth-order valence-electron chi connectivity index (χ4n) is 2.59. The molecular formula is C16H24N2O3. The summed E-state index contributed by atoms with van der Waals surface area (Å²) in [6, 6.07) is 7.98. The summed E-state index contributed by atoms with van der Waals surface area (Å²) in [4.78, 5) is 13.7. The SMILES string of the molecule is COc1cccc(CCCNC(=O)N2CC[C@H](CO)C2)c1. The number of urea groups is 1. The number of carbonyl (C=O) groups is 1. The number of nitrogens with zero attached hydrogens (tertiary/aromatic N) is 1. The van der Waals surface area contributed by atoms with Gasteiger partial charge in [0.25, 0.3) is 0 Å². The molecule has 5 nitrogen and oxygen atoms in total. The molecular weight excluding hydrogens is 268 g/mol. The molecule has 1 aromatic carbocycles. The Morgan fingerprint density at radius 2 is 2.38 bits per heavy atom. The van der Waals surface area contributed by atoms with Gasteiger partial charge in [-0.2, -0.15) is 0 Å². The van der Waals surface area contributed by atoms with E-state index in [4.69, 9.17) is 9.84 Å². The predicted molar refractivity (Wildman–Crippen MR) is 81.5 cm³/mol. The highest BCUT2D eigenvalue weighted by Gasteiger charge is 2.25. The van der Waals surface area contributed by atoms with Crippen LogP contribution >= 0.6 is 0 Å². The summed E-state index contributed by atoms with van der Waals surface area (Å²) in [7, 11) is 1.66. The molecule has 1 aliphatic rings. The number of carbonyl (C=O) groups excluding carboxylic acids is 1. The number of methoxy groups -OCH3 is 1. The summed E-state index contributed by atoms with van der Waals surface area (Å²) in [5.41, 5.74) is 1.21. The van der Waals surface area contributed by atoms with Crippen LogP contribution in [0.15, 0.2) is 24.3 Å². The Hall–Kier alpha value is -1.75. The number of rotatable bonds is 6. The molecule has 1 aromatic rings. The second kappa shape index (κ2) is 7.88. The Morgan fingerprint density at radius 3 is 3.10 bits per heavy atom. The largest absolute Gasteiger partial charge is 0.497 e. The molecule has 5 heteroatoms. The van der Waals surface area contributed by atoms with E-state index < -0.39 is 0 Å². The predicted octanol–water partition coefficient (Wildman–Crippen LogP) is 1.65. The van der Waals surface area contributed by atoms with Gasteiger partial charge in [0.05, 0.1) is 7.11 Å². The molecule has 1 atom stereocenters. The van der Waals surface area contributed by atoms with E-state index in [-0.39, 0.29) is 18.6 Å². The number of hydrogen-bond acceptors (Lipinski definition) is 3. The Bertz CT molecular complexity index is 465. The third-order valence-electron chi connectivity index (χ3n) is 3.88. The van der Waals surface area contributed by atoms with E-state index in [2.05, 4.69) is 11.4 Å². The minimum absolute atomic E-state index is 0.0170. The molecule has 2 N–H and O–H groups in total. The number of nitrogens with one attached hydrogen (secondary N) is 1. The molecule has 2 amide bonds. The average molecular weight is 292 g/mol. The first-order valence-corrected chi connectivity index (χ1v) is 7.49. The van der Waals surface area contributed by atoms with Crippen LogP contribution in [0.4, 0.5) is 4.79 Å². The standard InChI is InChI=1S/C16H24N2O3/c1-21-15-6-2-4-13(10-15)5-3-8-17-16(20)18-9-7-14(11-18)12-19/h2,4,6,10,14,19H,3,5,7-9,11-12H2,1H3,(H,17,20)/t14-/m0/s1. The Labute approximate surface area is 125 Å². The van der Waals surface area contributed by atoms with Crippen molar-refractivity contribution in [3.05, 3.63) is 29.8 Å². The lowest BCUT2D eigenvalue weighted by Crippen LogP contribution is -2.39. The van der Waals surface area contributed by atoms with Crippen LogP contribution in [-0.4, -0.2) is 49.4 Å². The first kappa shape index (κ1) is 15.6. The summed E-state index contributed by atoms with van der Waals surface area (Å²) >= 11 is 0. The van der Waals surface area contributed by atoms with Crippen molar-refractivity contribution in [1.29, 1.82) is 0 Å². The van der Waals surface area contributed by atoms with E-state index in [0.29, 0.717) is 13.1 Å². The van der Waals surface area contributed by atoms with Gasteiger partial charge in [-0.15, -0.1) is 0 Å². The molecule has 0 aromatic heterocycles. The van der Waals surface area contributed by atoms with Gasteiger partial charge in [0.15, 0.2) is 0 Å². The van der Waals surface area contributed by atoms with Crippen molar-refractivity contribution in [2.75, 3.05) is 33.4 Å². The second-order valence-corrected chi connectivity index (χ2v) is 5.47. The van der Waals surface area contributed by atoms with E-state index in [1.807, 2.05) is 18.2 Å². The van der Waals surface area contributed by atoms with Crippen molar-refractivity contribution in [2.24, 2.45) is 5.92 Å². The molecule has 0 unspecified atom stereocenters. The molecule has 21 heavy (non-hydrogen) atoms. The molecule has 0 saturated carbocycles. The highest BCUT2D eigenvalue weighted by atomic mass is 16.5. The van der Waals surface area contributed by atoms with Gasteiger partial charge in [0.2, 0.25) is 0 Å². The maximum atomic E-state index is 11.9. The fourth-order valence-corrected chi connectivity index (χ4v) is 2.59. The van der Waals surface area contributed by atoms with Gasteiger partial charge in [-0.25, -0.2) is 4.79 Å². The number of amides is 2. The van der Waals surface area contributed by atoms with Gasteiger partial charge in [-0.05, 0) is 37.0 Å². The summed E-state index contributed by atoms with van der Waals surface area (Å²) in [6.07, 6.45) is 2.71. The van der Waals surface area contributed by atoms with Crippen LogP contribution < -0.4 is 10.1 Å². The smallest absolute Gasteiger partial charge is 0.317 e. The topological polar surface area (TPSA) is 61.8 Å². The number of hydrogen-bond donors (Lipinski definition) is 2. The molecule has 1 heterocycles. The lowest BCUT2D eigenvalue weighted by atomic mass is 10.1. The number of benzene rings is 1. The molecule has 1 aliphatic heterocycles. The van der Waals surface area contributed by atoms with E-state index in [9.17, 15) is 4.79 Å². The second-order valence-electron chi connectivity index (χ2n) is 5.47. The summed E-state index contributed by atoms with van der Waals surface area (Å²) < 4.78 is 5.19. The van der Waals surface area contributed by atoms with Crippen molar-refractivity contribution in [2.45, 2.75) is 19.3 Å². The lowest BCUT2D eigenvalue weighted by Gasteiger charge is -2.17. The maximum absolute atomic E-state index is 11.9. The van der Waals surface area contributed by atoms with E-state index in [1.54, 1.807) is 12.0 Å². The average Bonchev–Trinajstić information content (AvgIpc) is 3.00. The Morgan fingerprint density at radius 1 is 1.52 bits per heavy atom. The molecule has 0 radical (unpaired) electrons. The van der Waals surface area contributed by atoms with Crippen molar-refractivity contribution in [3.63, 3.8) is 0 Å². The molecule has 0 bridgehead atoms. The molecule has 0 spiro atoms. The summed E-state index contributed by atoms with van der Waals surface area (Å²) in [5, 5.41) is 12.0. The quantitative estimate of drug-likeness (QED) is 0.784. The van der Waals surface area contributed by atoms with Crippen LogP contribution in [0.5, 0.6) is 5.75 Å². The number of aliphatic hydroxyl groups excluding tert-OH is 1. The van der Waals surface area contributed by atoms with Gasteiger partial charge in [-0.3, -0.25) is 0 Å². The van der Waals surface area contributed by atoms with Crippen molar-refractivity contribution in [3.8, 4) is 5.75 Å². The van der Waals surface area contributed by atoms with Gasteiger partial charge in [-0.1, -0.05) is 12.1 Å². The first-order chi connectivity index (χ1) is 10.2. The highest BCUT2D eigenvalue weighted by Crippen LogP contribution is 2.15. The Kier molecular flexibility index (Phi) is 5.87. The monoisotopic (exact) mass is 292 g/mol. The molecule has 0 aliphatic carbocycles. The van der Waals surface area contributed by atoms with Gasteiger partial charge in [0.1, 0.15) is 5.75 Å². The maximum Gasteiger partial charge on any atom is 0.317 e. The highest BCUT2D eigenvalue weighted by molar-refractivity contribution is 5.74. The van der Waals surface area contributed by atoms with E-state index >= 15 is 0 Å². The van der Waals surface area contributed by atoms with Crippen LogP contribution in [0.2, 0.25) is 0 Å². The van der Waals surface area contributed by atoms with Crippen LogP contribution in [0.25, 0.3) is 0 Å². The zero-order valence-electron chi connectivity index (χ0n) is 12.5. The third-order valence-corrected chi connectivity index (χ3v) is 3.88.